The summed E-state index contributed by atoms with van der Waals surface area (Å²) >= 11 is 7.37. The first-order chi connectivity index (χ1) is 8.18. The minimum Gasteiger partial charge on any atom is -0.282 e. The van der Waals surface area contributed by atoms with Gasteiger partial charge in [0.15, 0.2) is 0 Å². The molecule has 0 aromatic carbocycles. The van der Waals surface area contributed by atoms with E-state index in [1.807, 2.05) is 35.3 Å². The van der Waals surface area contributed by atoms with Gasteiger partial charge in [-0.25, -0.2) is 0 Å². The van der Waals surface area contributed by atoms with Crippen LogP contribution in [-0.2, 0) is 4.79 Å². The maximum atomic E-state index is 11.2. The fourth-order valence-corrected chi connectivity index (χ4v) is 4.72. The Balaban J connectivity index is 3.08. The van der Waals surface area contributed by atoms with Gasteiger partial charge in [0.25, 0.3) is 0 Å². The normalized spacial score (nSPS) is 10.5. The molecular formula is C12H22OS4. The van der Waals surface area contributed by atoms with E-state index >= 15 is 0 Å². The smallest absolute Gasteiger partial charge is 0.214 e. The number of thioether (sulfide) groups is 4. The fraction of sp³-hybridized carbons (Fsp3) is 0.750. The molecule has 0 saturated heterocycles. The molecule has 0 bridgehead atoms. The minimum atomic E-state index is 0.136. The quantitative estimate of drug-likeness (QED) is 0.422. The lowest BCUT2D eigenvalue weighted by Crippen LogP contribution is -1.97. The highest BCUT2D eigenvalue weighted by Gasteiger charge is 2.01. The molecule has 100 valence electrons. The average molecular weight is 311 g/mol. The van der Waals surface area contributed by atoms with E-state index in [1.54, 1.807) is 6.92 Å². The highest BCUT2D eigenvalue weighted by molar-refractivity contribution is 8.14. The summed E-state index contributed by atoms with van der Waals surface area (Å²) in [6.45, 7) is 7.61. The lowest BCUT2D eigenvalue weighted by molar-refractivity contribution is -0.107. The van der Waals surface area contributed by atoms with Gasteiger partial charge in [-0.2, -0.15) is 35.3 Å². The zero-order valence-corrected chi connectivity index (χ0v) is 14.0. The fourth-order valence-electron chi connectivity index (χ4n) is 0.901. The molecule has 0 radical (unpaired) electrons. The Morgan fingerprint density at radius 3 is 1.88 bits per heavy atom. The van der Waals surface area contributed by atoms with Gasteiger partial charge in [0.2, 0.25) is 5.12 Å². The van der Waals surface area contributed by atoms with E-state index in [2.05, 4.69) is 13.5 Å². The highest BCUT2D eigenvalue weighted by Crippen LogP contribution is 2.13. The summed E-state index contributed by atoms with van der Waals surface area (Å²) in [6, 6.07) is 0. The molecule has 0 aliphatic carbocycles. The van der Waals surface area contributed by atoms with Crippen molar-refractivity contribution in [3.8, 4) is 0 Å². The number of hydrogen-bond donors (Lipinski definition) is 0. The van der Waals surface area contributed by atoms with Gasteiger partial charge in [-0.1, -0.05) is 25.3 Å². The van der Waals surface area contributed by atoms with Crippen molar-refractivity contribution in [2.24, 2.45) is 0 Å². The summed E-state index contributed by atoms with van der Waals surface area (Å²) in [6.07, 6.45) is 0. The molecule has 0 rings (SSSR count). The van der Waals surface area contributed by atoms with Gasteiger partial charge in [0, 0.05) is 34.5 Å². The number of hydrogen-bond acceptors (Lipinski definition) is 5. The minimum absolute atomic E-state index is 0.136. The zero-order valence-electron chi connectivity index (χ0n) is 10.7. The molecule has 0 aromatic heterocycles. The molecule has 5 heteroatoms. The van der Waals surface area contributed by atoms with Gasteiger partial charge in [0.05, 0.1) is 0 Å². The largest absolute Gasteiger partial charge is 0.282 e. The van der Waals surface area contributed by atoms with E-state index in [9.17, 15) is 4.79 Å². The van der Waals surface area contributed by atoms with Crippen LogP contribution in [0.25, 0.3) is 0 Å². The third-order valence-electron chi connectivity index (χ3n) is 1.76. The van der Waals surface area contributed by atoms with Crippen molar-refractivity contribution in [2.75, 3.05) is 40.3 Å². The molecule has 0 heterocycles. The summed E-state index contributed by atoms with van der Waals surface area (Å²) in [7, 11) is 0. The van der Waals surface area contributed by atoms with E-state index in [1.165, 1.54) is 40.5 Å². The van der Waals surface area contributed by atoms with E-state index in [4.69, 9.17) is 0 Å². The summed E-state index contributed by atoms with van der Waals surface area (Å²) in [4.78, 5) is 11.2. The van der Waals surface area contributed by atoms with Crippen molar-refractivity contribution in [3.63, 3.8) is 0 Å². The summed E-state index contributed by atoms with van der Waals surface area (Å²) < 4.78 is 0. The van der Waals surface area contributed by atoms with Crippen LogP contribution >= 0.6 is 47.0 Å². The van der Waals surface area contributed by atoms with Crippen LogP contribution in [0, 0.1) is 0 Å². The topological polar surface area (TPSA) is 17.1 Å². The predicted molar refractivity (Wildman–Crippen MR) is 89.9 cm³/mol. The maximum Gasteiger partial charge on any atom is 0.214 e. The Morgan fingerprint density at radius 2 is 1.41 bits per heavy atom. The van der Waals surface area contributed by atoms with E-state index in [0.717, 1.165) is 11.5 Å². The van der Waals surface area contributed by atoms with Crippen molar-refractivity contribution in [3.05, 3.63) is 12.2 Å². The van der Waals surface area contributed by atoms with Crippen molar-refractivity contribution in [1.82, 2.24) is 0 Å². The molecule has 0 unspecified atom stereocenters. The second-order valence-corrected chi connectivity index (χ2v) is 8.25. The number of carbonyl (C=O) groups excluding carboxylic acids is 1. The number of rotatable bonds is 11. The molecule has 0 fully saturated rings. The molecule has 0 aliphatic rings. The molecule has 0 saturated carbocycles. The number of carbonyl (C=O) groups is 1. The molecule has 0 N–H and O–H groups in total. The van der Waals surface area contributed by atoms with Crippen LogP contribution in [-0.4, -0.2) is 45.4 Å². The van der Waals surface area contributed by atoms with Gasteiger partial charge in [0.1, 0.15) is 0 Å². The van der Waals surface area contributed by atoms with Crippen LogP contribution in [0.5, 0.6) is 0 Å². The summed E-state index contributed by atoms with van der Waals surface area (Å²) in [5.41, 5.74) is 0.656. The van der Waals surface area contributed by atoms with Crippen LogP contribution < -0.4 is 0 Å². The third-order valence-corrected chi connectivity index (χ3v) is 6.42. The van der Waals surface area contributed by atoms with Gasteiger partial charge in [-0.05, 0) is 18.2 Å². The Labute approximate surface area is 123 Å². The molecule has 0 aliphatic heterocycles. The van der Waals surface area contributed by atoms with E-state index < -0.39 is 0 Å². The molecule has 0 aromatic rings. The molecule has 0 spiro atoms. The standard InChI is InChI=1S/C12H22OS4/c1-4-14-5-6-15-7-8-16-9-10-17-12(13)11(2)3/h2,4-10H2,1,3H3. The van der Waals surface area contributed by atoms with Crippen LogP contribution in [0.1, 0.15) is 13.8 Å². The second-order valence-electron chi connectivity index (χ2n) is 3.34. The molecule has 17 heavy (non-hydrogen) atoms. The molecule has 1 nitrogen and oxygen atoms in total. The Morgan fingerprint density at radius 1 is 0.941 bits per heavy atom. The van der Waals surface area contributed by atoms with Gasteiger partial charge >= 0.3 is 0 Å². The lowest BCUT2D eigenvalue weighted by atomic mass is 10.4. The summed E-state index contributed by atoms with van der Waals surface area (Å²) in [5, 5.41) is 0.136. The van der Waals surface area contributed by atoms with Crippen molar-refractivity contribution < 1.29 is 4.79 Å². The molecule has 0 amide bonds. The highest BCUT2D eigenvalue weighted by atomic mass is 32.2. The van der Waals surface area contributed by atoms with Crippen LogP contribution in [0.3, 0.4) is 0 Å². The first-order valence-electron chi connectivity index (χ1n) is 5.74. The van der Waals surface area contributed by atoms with E-state index in [-0.39, 0.29) is 5.12 Å². The van der Waals surface area contributed by atoms with Crippen LogP contribution in [0.15, 0.2) is 12.2 Å². The van der Waals surface area contributed by atoms with Crippen LogP contribution in [0.2, 0.25) is 0 Å². The van der Waals surface area contributed by atoms with E-state index in [0.29, 0.717) is 5.57 Å². The Hall–Kier alpha value is 0.810. The monoisotopic (exact) mass is 310 g/mol. The van der Waals surface area contributed by atoms with Gasteiger partial charge in [-0.3, -0.25) is 4.79 Å². The SMILES string of the molecule is C=C(C)C(=O)SCCSCCSCCSCC. The average Bonchev–Trinajstić information content (AvgIpc) is 2.31. The second kappa shape index (κ2) is 13.2. The maximum absolute atomic E-state index is 11.2. The Kier molecular flexibility index (Phi) is 13.9. The van der Waals surface area contributed by atoms with Gasteiger partial charge < -0.3 is 0 Å². The molecular weight excluding hydrogens is 288 g/mol. The predicted octanol–water partition coefficient (Wildman–Crippen LogP) is 4.04. The Bertz CT molecular complexity index is 219. The third kappa shape index (κ3) is 13.0. The lowest BCUT2D eigenvalue weighted by Gasteiger charge is -2.02. The first kappa shape index (κ1) is 17.8. The van der Waals surface area contributed by atoms with Gasteiger partial charge in [-0.15, -0.1) is 0 Å². The zero-order chi connectivity index (χ0) is 12.9. The summed E-state index contributed by atoms with van der Waals surface area (Å²) in [5.74, 6) is 8.16. The van der Waals surface area contributed by atoms with Crippen molar-refractivity contribution in [2.45, 2.75) is 13.8 Å². The van der Waals surface area contributed by atoms with Crippen molar-refractivity contribution >= 4 is 52.2 Å². The first-order valence-corrected chi connectivity index (χ1v) is 10.2. The molecule has 0 atom stereocenters. The van der Waals surface area contributed by atoms with Crippen molar-refractivity contribution in [1.29, 1.82) is 0 Å². The van der Waals surface area contributed by atoms with Crippen LogP contribution in [0.4, 0.5) is 0 Å².